The van der Waals surface area contributed by atoms with Gasteiger partial charge in [-0.2, -0.15) is 0 Å². The maximum atomic E-state index is 13.5. The maximum Gasteiger partial charge on any atom is 0.255 e. The van der Waals surface area contributed by atoms with Crippen LogP contribution in [0, 0.1) is 18.6 Å². The summed E-state index contributed by atoms with van der Waals surface area (Å²) in [6.45, 7) is 1.85. The van der Waals surface area contributed by atoms with Crippen molar-refractivity contribution >= 4 is 11.6 Å². The van der Waals surface area contributed by atoms with E-state index < -0.39 is 17.5 Å². The fraction of sp³-hybridized carbons (Fsp3) is 0.133. The highest BCUT2D eigenvalue weighted by atomic mass is 19.1. The molecule has 0 spiro atoms. The van der Waals surface area contributed by atoms with Gasteiger partial charge in [0, 0.05) is 11.6 Å². The van der Waals surface area contributed by atoms with Crippen LogP contribution in [0.4, 0.5) is 14.5 Å². The monoisotopic (exact) mass is 277 g/mol. The molecule has 0 unspecified atom stereocenters. The molecule has 0 aliphatic carbocycles. The zero-order chi connectivity index (χ0) is 14.7. The van der Waals surface area contributed by atoms with Gasteiger partial charge in [-0.3, -0.25) is 4.79 Å². The van der Waals surface area contributed by atoms with Crippen LogP contribution >= 0.6 is 0 Å². The number of aryl methyl sites for hydroxylation is 1. The molecular weight excluding hydrogens is 264 g/mol. The van der Waals surface area contributed by atoms with Crippen molar-refractivity contribution < 1.29 is 18.3 Å². The van der Waals surface area contributed by atoms with E-state index in [2.05, 4.69) is 5.32 Å². The van der Waals surface area contributed by atoms with E-state index in [1.807, 2.05) is 6.92 Å². The fourth-order valence-electron chi connectivity index (χ4n) is 1.75. The summed E-state index contributed by atoms with van der Waals surface area (Å²) in [5.74, 6) is -1.44. The van der Waals surface area contributed by atoms with Crippen molar-refractivity contribution in [1.29, 1.82) is 0 Å². The van der Waals surface area contributed by atoms with Crippen molar-refractivity contribution in [3.05, 3.63) is 59.2 Å². The number of amides is 1. The number of hydrogen-bond acceptors (Lipinski definition) is 2. The van der Waals surface area contributed by atoms with E-state index in [0.717, 1.165) is 11.6 Å². The summed E-state index contributed by atoms with van der Waals surface area (Å²) >= 11 is 0. The van der Waals surface area contributed by atoms with E-state index in [1.54, 1.807) is 18.2 Å². The van der Waals surface area contributed by atoms with Crippen LogP contribution in [0.15, 0.2) is 36.4 Å². The average Bonchev–Trinajstić information content (AvgIpc) is 2.42. The summed E-state index contributed by atoms with van der Waals surface area (Å²) in [5, 5.41) is 2.39. The minimum atomic E-state index is -0.822. The number of nitrogens with one attached hydrogen (secondary N) is 1. The smallest absolute Gasteiger partial charge is 0.255 e. The molecule has 0 saturated heterocycles. The number of anilines is 1. The van der Waals surface area contributed by atoms with Gasteiger partial charge in [0.1, 0.15) is 17.4 Å². The third-order valence-electron chi connectivity index (χ3n) is 2.85. The quantitative estimate of drug-likeness (QED) is 0.932. The van der Waals surface area contributed by atoms with Gasteiger partial charge in [-0.05, 0) is 36.8 Å². The Bertz CT molecular complexity index is 656. The number of carbonyl (C=O) groups excluding carboxylic acids is 1. The Balaban J connectivity index is 2.24. The Labute approximate surface area is 115 Å². The Kier molecular flexibility index (Phi) is 3.98. The Morgan fingerprint density at radius 3 is 2.55 bits per heavy atom. The first kappa shape index (κ1) is 14.0. The van der Waals surface area contributed by atoms with E-state index >= 15 is 0 Å². The first-order chi connectivity index (χ1) is 9.51. The van der Waals surface area contributed by atoms with E-state index in [9.17, 15) is 13.6 Å². The number of methoxy groups -OCH3 is 1. The minimum absolute atomic E-state index is 0.0732. The van der Waals surface area contributed by atoms with Gasteiger partial charge in [-0.15, -0.1) is 0 Å². The van der Waals surface area contributed by atoms with Crippen LogP contribution in [0.5, 0.6) is 5.75 Å². The van der Waals surface area contributed by atoms with E-state index in [1.165, 1.54) is 13.2 Å². The Morgan fingerprint density at radius 2 is 1.90 bits per heavy atom. The molecule has 0 aromatic heterocycles. The molecule has 0 saturated carbocycles. The van der Waals surface area contributed by atoms with Crippen molar-refractivity contribution in [3.63, 3.8) is 0 Å². The van der Waals surface area contributed by atoms with Gasteiger partial charge in [0.2, 0.25) is 0 Å². The summed E-state index contributed by atoms with van der Waals surface area (Å²) in [6.07, 6.45) is 0. The van der Waals surface area contributed by atoms with Crippen LogP contribution in [-0.4, -0.2) is 13.0 Å². The SMILES string of the molecule is COc1cc(C(=O)Nc2ccc(F)cc2F)ccc1C. The molecule has 0 atom stereocenters. The summed E-state index contributed by atoms with van der Waals surface area (Å²) in [4.78, 5) is 12.0. The van der Waals surface area contributed by atoms with Crippen LogP contribution in [0.3, 0.4) is 0 Å². The standard InChI is InChI=1S/C15H13F2NO2/c1-9-3-4-10(7-14(9)20-2)15(19)18-13-6-5-11(16)8-12(13)17/h3-8H,1-2H3,(H,18,19). The number of benzene rings is 2. The van der Waals surface area contributed by atoms with Crippen molar-refractivity contribution in [2.45, 2.75) is 6.92 Å². The van der Waals surface area contributed by atoms with Crippen LogP contribution in [0.1, 0.15) is 15.9 Å². The second kappa shape index (κ2) is 5.69. The first-order valence-electron chi connectivity index (χ1n) is 5.92. The molecule has 0 fully saturated rings. The topological polar surface area (TPSA) is 38.3 Å². The third kappa shape index (κ3) is 2.93. The maximum absolute atomic E-state index is 13.5. The van der Waals surface area contributed by atoms with Gasteiger partial charge in [-0.1, -0.05) is 6.07 Å². The number of ether oxygens (including phenoxy) is 1. The van der Waals surface area contributed by atoms with Crippen LogP contribution in [-0.2, 0) is 0 Å². The number of halogens is 2. The van der Waals surface area contributed by atoms with Gasteiger partial charge >= 0.3 is 0 Å². The molecule has 1 amide bonds. The number of rotatable bonds is 3. The Morgan fingerprint density at radius 1 is 1.15 bits per heavy atom. The lowest BCUT2D eigenvalue weighted by atomic mass is 10.1. The molecule has 20 heavy (non-hydrogen) atoms. The molecule has 0 bridgehead atoms. The molecule has 0 heterocycles. The van der Waals surface area contributed by atoms with Gasteiger partial charge in [0.05, 0.1) is 12.8 Å². The summed E-state index contributed by atoms with van der Waals surface area (Å²) in [5.41, 5.74) is 1.14. The zero-order valence-corrected chi connectivity index (χ0v) is 11.0. The van der Waals surface area contributed by atoms with Gasteiger partial charge in [0.15, 0.2) is 0 Å². The van der Waals surface area contributed by atoms with E-state index in [4.69, 9.17) is 4.74 Å². The van der Waals surface area contributed by atoms with Crippen LogP contribution in [0.2, 0.25) is 0 Å². The average molecular weight is 277 g/mol. The van der Waals surface area contributed by atoms with Crippen LogP contribution < -0.4 is 10.1 Å². The first-order valence-corrected chi connectivity index (χ1v) is 5.92. The molecule has 5 heteroatoms. The molecule has 0 radical (unpaired) electrons. The zero-order valence-electron chi connectivity index (χ0n) is 11.0. The molecule has 2 aromatic carbocycles. The van der Waals surface area contributed by atoms with Gasteiger partial charge in [-0.25, -0.2) is 8.78 Å². The number of hydrogen-bond donors (Lipinski definition) is 1. The second-order valence-electron chi connectivity index (χ2n) is 4.26. The fourth-order valence-corrected chi connectivity index (χ4v) is 1.75. The minimum Gasteiger partial charge on any atom is -0.496 e. The highest BCUT2D eigenvalue weighted by Gasteiger charge is 2.11. The Hall–Kier alpha value is -2.43. The molecule has 104 valence electrons. The lowest BCUT2D eigenvalue weighted by Gasteiger charge is -2.09. The lowest BCUT2D eigenvalue weighted by Crippen LogP contribution is -2.13. The van der Waals surface area contributed by atoms with Crippen molar-refractivity contribution in [3.8, 4) is 5.75 Å². The second-order valence-corrected chi connectivity index (χ2v) is 4.26. The van der Waals surface area contributed by atoms with Gasteiger partial charge < -0.3 is 10.1 Å². The molecule has 1 N–H and O–H groups in total. The van der Waals surface area contributed by atoms with Crippen molar-refractivity contribution in [1.82, 2.24) is 0 Å². The normalized spacial score (nSPS) is 10.2. The largest absolute Gasteiger partial charge is 0.496 e. The molecule has 2 aromatic rings. The summed E-state index contributed by atoms with van der Waals surface area (Å²) < 4.78 is 31.4. The predicted octanol–water partition coefficient (Wildman–Crippen LogP) is 3.53. The highest BCUT2D eigenvalue weighted by molar-refractivity contribution is 6.04. The summed E-state index contributed by atoms with van der Waals surface area (Å²) in [7, 11) is 1.50. The predicted molar refractivity (Wildman–Crippen MR) is 72.0 cm³/mol. The van der Waals surface area contributed by atoms with Crippen LogP contribution in [0.25, 0.3) is 0 Å². The lowest BCUT2D eigenvalue weighted by molar-refractivity contribution is 0.102. The highest BCUT2D eigenvalue weighted by Crippen LogP contribution is 2.21. The molecular formula is C15H13F2NO2. The number of carbonyl (C=O) groups is 1. The van der Waals surface area contributed by atoms with Crippen molar-refractivity contribution in [2.24, 2.45) is 0 Å². The van der Waals surface area contributed by atoms with E-state index in [0.29, 0.717) is 17.4 Å². The molecule has 0 aliphatic rings. The van der Waals surface area contributed by atoms with Crippen molar-refractivity contribution in [2.75, 3.05) is 12.4 Å². The molecule has 0 aliphatic heterocycles. The molecule has 2 rings (SSSR count). The summed E-state index contributed by atoms with van der Waals surface area (Å²) in [6, 6.07) is 7.86. The molecule has 3 nitrogen and oxygen atoms in total. The van der Waals surface area contributed by atoms with Gasteiger partial charge in [0.25, 0.3) is 5.91 Å². The third-order valence-corrected chi connectivity index (χ3v) is 2.85. The van der Waals surface area contributed by atoms with E-state index in [-0.39, 0.29) is 5.69 Å².